The first-order valence-corrected chi connectivity index (χ1v) is 4.63. The molecule has 0 saturated heterocycles. The molecule has 0 aliphatic carbocycles. The van der Waals surface area contributed by atoms with Crippen molar-refractivity contribution in [2.24, 2.45) is 0 Å². The molecule has 0 unspecified atom stereocenters. The largest absolute Gasteiger partial charge is 0.328 e. The van der Waals surface area contributed by atoms with Crippen LogP contribution < -0.4 is 5.56 Å². The lowest BCUT2D eigenvalue weighted by Crippen LogP contribution is -2.08. The maximum Gasteiger partial charge on any atom is 0.250 e. The molecule has 2 rings (SSSR count). The second-order valence-electron chi connectivity index (χ2n) is 3.38. The fraction of sp³-hybridized carbons (Fsp3) is 0.0833. The Bertz CT molecular complexity index is 545. The monoisotopic (exact) mass is 203 g/mol. The van der Waals surface area contributed by atoms with Crippen molar-refractivity contribution < 1.29 is 4.39 Å². The lowest BCUT2D eigenvalue weighted by Gasteiger charge is -2.03. The molecule has 0 spiro atoms. The number of aromatic amines is 1. The number of halogens is 1. The molecule has 0 bridgehead atoms. The third-order valence-corrected chi connectivity index (χ3v) is 2.27. The Kier molecular flexibility index (Phi) is 2.37. The zero-order chi connectivity index (χ0) is 10.8. The lowest BCUT2D eigenvalue weighted by atomic mass is 10.1. The minimum atomic E-state index is -0.288. The van der Waals surface area contributed by atoms with Crippen LogP contribution in [0.3, 0.4) is 0 Å². The van der Waals surface area contributed by atoms with E-state index in [1.807, 2.05) is 0 Å². The Balaban J connectivity index is 2.60. The van der Waals surface area contributed by atoms with Gasteiger partial charge in [-0.2, -0.15) is 0 Å². The van der Waals surface area contributed by atoms with Crippen molar-refractivity contribution in [1.29, 1.82) is 0 Å². The summed E-state index contributed by atoms with van der Waals surface area (Å²) >= 11 is 0. The van der Waals surface area contributed by atoms with E-state index in [1.54, 1.807) is 31.2 Å². The predicted octanol–water partition coefficient (Wildman–Crippen LogP) is 2.49. The molecule has 1 aromatic heterocycles. The van der Waals surface area contributed by atoms with Gasteiger partial charge in [0.25, 0.3) is 5.56 Å². The Morgan fingerprint density at radius 2 is 2.00 bits per heavy atom. The van der Waals surface area contributed by atoms with Gasteiger partial charge in [-0.15, -0.1) is 0 Å². The molecule has 0 radical (unpaired) electrons. The highest BCUT2D eigenvalue weighted by molar-refractivity contribution is 5.63. The summed E-state index contributed by atoms with van der Waals surface area (Å²) in [7, 11) is 0. The third kappa shape index (κ3) is 1.81. The molecule has 0 amide bonds. The second-order valence-corrected chi connectivity index (χ2v) is 3.38. The molecule has 1 aromatic carbocycles. The van der Waals surface area contributed by atoms with E-state index in [9.17, 15) is 9.18 Å². The Morgan fingerprint density at radius 3 is 2.67 bits per heavy atom. The number of rotatable bonds is 1. The highest BCUT2D eigenvalue weighted by atomic mass is 19.1. The average molecular weight is 203 g/mol. The van der Waals surface area contributed by atoms with Gasteiger partial charge in [0.1, 0.15) is 5.82 Å². The first kappa shape index (κ1) is 9.65. The number of nitrogens with one attached hydrogen (secondary N) is 1. The standard InChI is InChI=1S/C12H10FNO/c1-8-6-9(7-14-12(8)15)10-4-2-3-5-11(10)13/h2-7H,1H3,(H,14,15). The van der Waals surface area contributed by atoms with Crippen molar-refractivity contribution in [1.82, 2.24) is 4.98 Å². The zero-order valence-corrected chi connectivity index (χ0v) is 8.25. The van der Waals surface area contributed by atoms with Crippen molar-refractivity contribution in [3.63, 3.8) is 0 Å². The molecule has 76 valence electrons. The molecule has 0 aliphatic rings. The number of pyridine rings is 1. The van der Waals surface area contributed by atoms with Crippen LogP contribution in [0.1, 0.15) is 5.56 Å². The van der Waals surface area contributed by atoms with E-state index in [0.29, 0.717) is 16.7 Å². The number of aromatic nitrogens is 1. The van der Waals surface area contributed by atoms with Gasteiger partial charge in [-0.3, -0.25) is 4.79 Å². The van der Waals surface area contributed by atoms with Crippen LogP contribution in [0.5, 0.6) is 0 Å². The minimum Gasteiger partial charge on any atom is -0.328 e. The third-order valence-electron chi connectivity index (χ3n) is 2.27. The SMILES string of the molecule is Cc1cc(-c2ccccc2F)c[nH]c1=O. The molecule has 15 heavy (non-hydrogen) atoms. The van der Waals surface area contributed by atoms with E-state index in [2.05, 4.69) is 4.98 Å². The summed E-state index contributed by atoms with van der Waals surface area (Å²) < 4.78 is 13.4. The summed E-state index contributed by atoms with van der Waals surface area (Å²) in [5.41, 5.74) is 1.62. The van der Waals surface area contributed by atoms with Crippen LogP contribution >= 0.6 is 0 Å². The van der Waals surface area contributed by atoms with E-state index in [4.69, 9.17) is 0 Å². The Morgan fingerprint density at radius 1 is 1.27 bits per heavy atom. The molecule has 0 fully saturated rings. The van der Waals surface area contributed by atoms with Gasteiger partial charge in [-0.1, -0.05) is 18.2 Å². The minimum absolute atomic E-state index is 0.143. The van der Waals surface area contributed by atoms with Crippen molar-refractivity contribution in [2.75, 3.05) is 0 Å². The van der Waals surface area contributed by atoms with Crippen LogP contribution in [0.25, 0.3) is 11.1 Å². The summed E-state index contributed by atoms with van der Waals surface area (Å²) in [6.45, 7) is 1.70. The molecule has 0 aliphatic heterocycles. The van der Waals surface area contributed by atoms with Crippen molar-refractivity contribution in [2.45, 2.75) is 6.92 Å². The molecule has 1 N–H and O–H groups in total. The molecule has 0 atom stereocenters. The molecular formula is C12H10FNO. The van der Waals surface area contributed by atoms with Crippen molar-refractivity contribution in [3.05, 3.63) is 58.3 Å². The number of hydrogen-bond donors (Lipinski definition) is 1. The zero-order valence-electron chi connectivity index (χ0n) is 8.25. The summed E-state index contributed by atoms with van der Waals surface area (Å²) in [4.78, 5) is 13.7. The van der Waals surface area contributed by atoms with Crippen LogP contribution in [0.15, 0.2) is 41.3 Å². The van der Waals surface area contributed by atoms with Crippen LogP contribution in [-0.2, 0) is 0 Å². The van der Waals surface area contributed by atoms with E-state index in [1.165, 1.54) is 12.3 Å². The maximum absolute atomic E-state index is 13.4. The molecule has 2 aromatic rings. The first-order valence-electron chi connectivity index (χ1n) is 4.63. The van der Waals surface area contributed by atoms with Crippen molar-refractivity contribution >= 4 is 0 Å². The van der Waals surface area contributed by atoms with Crippen LogP contribution in [-0.4, -0.2) is 4.98 Å². The number of H-pyrrole nitrogens is 1. The molecular weight excluding hydrogens is 193 g/mol. The van der Waals surface area contributed by atoms with Gasteiger partial charge in [0, 0.05) is 22.9 Å². The first-order chi connectivity index (χ1) is 7.18. The fourth-order valence-corrected chi connectivity index (χ4v) is 1.45. The molecule has 1 heterocycles. The normalized spacial score (nSPS) is 10.3. The molecule has 2 nitrogen and oxygen atoms in total. The van der Waals surface area contributed by atoms with Crippen LogP contribution in [0, 0.1) is 12.7 Å². The van der Waals surface area contributed by atoms with Crippen LogP contribution in [0.2, 0.25) is 0 Å². The van der Waals surface area contributed by atoms with Crippen LogP contribution in [0.4, 0.5) is 4.39 Å². The highest BCUT2D eigenvalue weighted by Crippen LogP contribution is 2.21. The molecule has 0 saturated carbocycles. The maximum atomic E-state index is 13.4. The van der Waals surface area contributed by atoms with E-state index in [0.717, 1.165) is 0 Å². The predicted molar refractivity (Wildman–Crippen MR) is 57.2 cm³/mol. The van der Waals surface area contributed by atoms with Crippen molar-refractivity contribution in [3.8, 4) is 11.1 Å². The van der Waals surface area contributed by atoms with E-state index >= 15 is 0 Å². The summed E-state index contributed by atoms with van der Waals surface area (Å²) in [6, 6.07) is 8.16. The lowest BCUT2D eigenvalue weighted by molar-refractivity contribution is 0.631. The fourth-order valence-electron chi connectivity index (χ4n) is 1.45. The quantitative estimate of drug-likeness (QED) is 0.758. The average Bonchev–Trinajstić information content (AvgIpc) is 2.23. The van der Waals surface area contributed by atoms with Gasteiger partial charge in [-0.25, -0.2) is 4.39 Å². The number of benzene rings is 1. The molecule has 3 heteroatoms. The van der Waals surface area contributed by atoms with Gasteiger partial charge in [-0.05, 0) is 19.1 Å². The van der Waals surface area contributed by atoms with E-state index < -0.39 is 0 Å². The highest BCUT2D eigenvalue weighted by Gasteiger charge is 2.04. The summed E-state index contributed by atoms with van der Waals surface area (Å²) in [5, 5.41) is 0. The van der Waals surface area contributed by atoms with Gasteiger partial charge < -0.3 is 4.98 Å². The number of hydrogen-bond acceptors (Lipinski definition) is 1. The number of aryl methyl sites for hydroxylation is 1. The van der Waals surface area contributed by atoms with Gasteiger partial charge in [0.2, 0.25) is 0 Å². The smallest absolute Gasteiger partial charge is 0.250 e. The second kappa shape index (κ2) is 3.69. The Hall–Kier alpha value is -1.90. The van der Waals surface area contributed by atoms with Gasteiger partial charge in [0.05, 0.1) is 0 Å². The topological polar surface area (TPSA) is 32.9 Å². The van der Waals surface area contributed by atoms with E-state index in [-0.39, 0.29) is 11.4 Å². The Labute approximate surface area is 86.4 Å². The summed E-state index contributed by atoms with van der Waals surface area (Å²) in [6.07, 6.45) is 1.52. The van der Waals surface area contributed by atoms with Gasteiger partial charge >= 0.3 is 0 Å². The van der Waals surface area contributed by atoms with Gasteiger partial charge in [0.15, 0.2) is 0 Å². The summed E-state index contributed by atoms with van der Waals surface area (Å²) in [5.74, 6) is -0.288.